The van der Waals surface area contributed by atoms with Crippen molar-refractivity contribution in [1.29, 1.82) is 0 Å². The number of hydrogen-bond acceptors (Lipinski definition) is 3. The molecule has 0 fully saturated rings. The Morgan fingerprint density at radius 3 is 2.53 bits per heavy atom. The van der Waals surface area contributed by atoms with Crippen LogP contribution in [0.2, 0.25) is 0 Å². The Bertz CT molecular complexity index is 440. The van der Waals surface area contributed by atoms with Gasteiger partial charge in [-0.25, -0.2) is 0 Å². The maximum Gasteiger partial charge on any atom is 0.148 e. The summed E-state index contributed by atoms with van der Waals surface area (Å²) < 4.78 is 1.79. The second-order valence-electron chi connectivity index (χ2n) is 3.56. The average Bonchev–Trinajstić information content (AvgIpc) is 2.50. The Morgan fingerprint density at radius 1 is 1.33 bits per heavy atom. The zero-order valence-corrected chi connectivity index (χ0v) is 8.51. The summed E-state index contributed by atoms with van der Waals surface area (Å²) in [5.41, 5.74) is 7.71. The lowest BCUT2D eigenvalue weighted by Gasteiger charge is -2.01. The van der Waals surface area contributed by atoms with Gasteiger partial charge in [-0.05, 0) is 24.6 Å². The number of benzene rings is 1. The Balaban J connectivity index is 2.18. The van der Waals surface area contributed by atoms with Crippen molar-refractivity contribution >= 4 is 5.82 Å². The van der Waals surface area contributed by atoms with Gasteiger partial charge in [-0.1, -0.05) is 12.1 Å². The zero-order chi connectivity index (χ0) is 10.8. The summed E-state index contributed by atoms with van der Waals surface area (Å²) in [5.74, 6) is 0.837. The third-order valence-corrected chi connectivity index (χ3v) is 2.26. The molecule has 3 N–H and O–H groups in total. The molecule has 0 radical (unpaired) electrons. The highest BCUT2D eigenvalue weighted by Crippen LogP contribution is 2.12. The van der Waals surface area contributed by atoms with Crippen LogP contribution in [0.15, 0.2) is 30.5 Å². The van der Waals surface area contributed by atoms with Crippen LogP contribution in [-0.4, -0.2) is 14.9 Å². The van der Waals surface area contributed by atoms with Crippen LogP contribution in [0.3, 0.4) is 0 Å². The summed E-state index contributed by atoms with van der Waals surface area (Å²) in [4.78, 5) is 0. The smallest absolute Gasteiger partial charge is 0.148 e. The Morgan fingerprint density at radius 2 is 2.00 bits per heavy atom. The normalized spacial score (nSPS) is 10.5. The van der Waals surface area contributed by atoms with Gasteiger partial charge in [0, 0.05) is 11.8 Å². The molecule has 0 saturated carbocycles. The summed E-state index contributed by atoms with van der Waals surface area (Å²) in [6, 6.07) is 7.05. The predicted molar refractivity (Wildman–Crippen MR) is 58.6 cm³/mol. The molecule has 4 nitrogen and oxygen atoms in total. The van der Waals surface area contributed by atoms with E-state index in [2.05, 4.69) is 5.10 Å². The Labute approximate surface area is 88.0 Å². The summed E-state index contributed by atoms with van der Waals surface area (Å²) in [6.07, 6.45) is 1.90. The van der Waals surface area contributed by atoms with Crippen molar-refractivity contribution in [3.8, 4) is 5.75 Å². The van der Waals surface area contributed by atoms with Crippen LogP contribution >= 0.6 is 0 Å². The van der Waals surface area contributed by atoms with E-state index in [0.29, 0.717) is 12.4 Å². The standard InChI is InChI=1S/C11H13N3O/c1-8-6-14(13-11(8)12)7-9-2-4-10(15)5-3-9/h2-6,15H,7H2,1H3,(H2,12,13). The molecule has 0 aliphatic carbocycles. The third kappa shape index (κ3) is 2.10. The third-order valence-electron chi connectivity index (χ3n) is 2.26. The van der Waals surface area contributed by atoms with E-state index in [1.807, 2.05) is 25.3 Å². The molecule has 2 rings (SSSR count). The van der Waals surface area contributed by atoms with Crippen LogP contribution in [0.4, 0.5) is 5.82 Å². The van der Waals surface area contributed by atoms with Crippen LogP contribution in [0.25, 0.3) is 0 Å². The molecule has 0 aliphatic rings. The first-order chi connectivity index (χ1) is 7.15. The number of aromatic nitrogens is 2. The number of phenols is 1. The molecule has 1 aromatic carbocycles. The van der Waals surface area contributed by atoms with Crippen molar-refractivity contribution < 1.29 is 5.11 Å². The van der Waals surface area contributed by atoms with Gasteiger partial charge in [0.1, 0.15) is 11.6 Å². The number of hydrogen-bond donors (Lipinski definition) is 2. The highest BCUT2D eigenvalue weighted by molar-refractivity contribution is 5.36. The van der Waals surface area contributed by atoms with E-state index >= 15 is 0 Å². The fourth-order valence-electron chi connectivity index (χ4n) is 1.41. The zero-order valence-electron chi connectivity index (χ0n) is 8.51. The summed E-state index contributed by atoms with van der Waals surface area (Å²) in [6.45, 7) is 2.59. The molecule has 0 amide bonds. The number of nitrogen functional groups attached to an aromatic ring is 1. The van der Waals surface area contributed by atoms with Crippen molar-refractivity contribution in [3.05, 3.63) is 41.6 Å². The highest BCUT2D eigenvalue weighted by Gasteiger charge is 2.01. The van der Waals surface area contributed by atoms with Crippen LogP contribution in [-0.2, 0) is 6.54 Å². The van der Waals surface area contributed by atoms with E-state index in [9.17, 15) is 0 Å². The van der Waals surface area contributed by atoms with Crippen molar-refractivity contribution in [2.45, 2.75) is 13.5 Å². The van der Waals surface area contributed by atoms with Gasteiger partial charge in [0.25, 0.3) is 0 Å². The molecular formula is C11H13N3O. The lowest BCUT2D eigenvalue weighted by atomic mass is 10.2. The quantitative estimate of drug-likeness (QED) is 0.778. The molecule has 0 aliphatic heterocycles. The van der Waals surface area contributed by atoms with Gasteiger partial charge in [-0.15, -0.1) is 0 Å². The fraction of sp³-hybridized carbons (Fsp3) is 0.182. The molecule has 0 spiro atoms. The van der Waals surface area contributed by atoms with Gasteiger partial charge in [-0.3, -0.25) is 4.68 Å². The van der Waals surface area contributed by atoms with Crippen LogP contribution < -0.4 is 5.73 Å². The summed E-state index contributed by atoms with van der Waals surface area (Å²) >= 11 is 0. The monoisotopic (exact) mass is 203 g/mol. The number of aryl methyl sites for hydroxylation is 1. The molecule has 2 aromatic rings. The van der Waals surface area contributed by atoms with Crippen molar-refractivity contribution in [3.63, 3.8) is 0 Å². The fourth-order valence-corrected chi connectivity index (χ4v) is 1.41. The minimum absolute atomic E-state index is 0.273. The minimum atomic E-state index is 0.273. The first-order valence-electron chi connectivity index (χ1n) is 4.72. The molecule has 78 valence electrons. The Kier molecular flexibility index (Phi) is 2.33. The van der Waals surface area contributed by atoms with E-state index in [4.69, 9.17) is 10.8 Å². The van der Waals surface area contributed by atoms with Crippen molar-refractivity contribution in [1.82, 2.24) is 9.78 Å². The maximum absolute atomic E-state index is 9.13. The SMILES string of the molecule is Cc1cn(Cc2ccc(O)cc2)nc1N. The van der Waals surface area contributed by atoms with Crippen molar-refractivity contribution in [2.75, 3.05) is 5.73 Å². The molecule has 15 heavy (non-hydrogen) atoms. The molecule has 0 unspecified atom stereocenters. The topological polar surface area (TPSA) is 64.1 Å². The van der Waals surface area contributed by atoms with Crippen molar-refractivity contribution in [2.24, 2.45) is 0 Å². The molecule has 0 bridgehead atoms. The van der Waals surface area contributed by atoms with E-state index in [0.717, 1.165) is 11.1 Å². The maximum atomic E-state index is 9.13. The molecule has 0 atom stereocenters. The molecule has 1 heterocycles. The Hall–Kier alpha value is -1.97. The second kappa shape index (κ2) is 3.65. The van der Waals surface area contributed by atoms with E-state index < -0.39 is 0 Å². The van der Waals surface area contributed by atoms with E-state index in [1.54, 1.807) is 16.8 Å². The number of aromatic hydroxyl groups is 1. The minimum Gasteiger partial charge on any atom is -0.508 e. The summed E-state index contributed by atoms with van der Waals surface area (Å²) in [7, 11) is 0. The van der Waals surface area contributed by atoms with Gasteiger partial charge in [0.15, 0.2) is 0 Å². The first-order valence-corrected chi connectivity index (χ1v) is 4.72. The number of anilines is 1. The largest absolute Gasteiger partial charge is 0.508 e. The molecule has 0 saturated heterocycles. The van der Waals surface area contributed by atoms with Gasteiger partial charge in [-0.2, -0.15) is 5.10 Å². The number of phenolic OH excluding ortho intramolecular Hbond substituents is 1. The second-order valence-corrected chi connectivity index (χ2v) is 3.56. The van der Waals surface area contributed by atoms with Crippen LogP contribution in [0.5, 0.6) is 5.75 Å². The van der Waals surface area contributed by atoms with Gasteiger partial charge < -0.3 is 10.8 Å². The van der Waals surface area contributed by atoms with E-state index in [-0.39, 0.29) is 5.75 Å². The van der Waals surface area contributed by atoms with Gasteiger partial charge in [0.2, 0.25) is 0 Å². The first kappa shape index (κ1) is 9.58. The van der Waals surface area contributed by atoms with Crippen LogP contribution in [0.1, 0.15) is 11.1 Å². The molecule has 4 heteroatoms. The number of nitrogens with two attached hydrogens (primary N) is 1. The highest BCUT2D eigenvalue weighted by atomic mass is 16.3. The predicted octanol–water partition coefficient (Wildman–Crippen LogP) is 1.53. The lowest BCUT2D eigenvalue weighted by molar-refractivity contribution is 0.475. The average molecular weight is 203 g/mol. The van der Waals surface area contributed by atoms with Gasteiger partial charge in [0.05, 0.1) is 6.54 Å². The molecular weight excluding hydrogens is 190 g/mol. The summed E-state index contributed by atoms with van der Waals surface area (Å²) in [5, 5.41) is 13.3. The lowest BCUT2D eigenvalue weighted by Crippen LogP contribution is -2.00. The molecule has 1 aromatic heterocycles. The number of nitrogens with zero attached hydrogens (tertiary/aromatic N) is 2. The van der Waals surface area contributed by atoms with Gasteiger partial charge >= 0.3 is 0 Å². The van der Waals surface area contributed by atoms with Crippen LogP contribution in [0, 0.1) is 6.92 Å². The number of rotatable bonds is 2. The van der Waals surface area contributed by atoms with E-state index in [1.165, 1.54) is 0 Å².